The fraction of sp³-hybridized carbons (Fsp3) is 0. The van der Waals surface area contributed by atoms with E-state index < -0.39 is 5.97 Å². The Kier molecular flexibility index (Phi) is 2.79. The van der Waals surface area contributed by atoms with Gasteiger partial charge in [0.2, 0.25) is 0 Å². The number of nitrogens with zero attached hydrogens (tertiary/aromatic N) is 2. The molecule has 0 bridgehead atoms. The Labute approximate surface area is 116 Å². The quantitative estimate of drug-likeness (QED) is 0.761. The second-order valence-corrected chi connectivity index (χ2v) is 4.81. The highest BCUT2D eigenvalue weighted by Crippen LogP contribution is 2.25. The highest BCUT2D eigenvalue weighted by molar-refractivity contribution is 9.10. The maximum absolute atomic E-state index is 10.9. The summed E-state index contributed by atoms with van der Waals surface area (Å²) in [5.74, 6) is -0.359. The fourth-order valence-electron chi connectivity index (χ4n) is 1.81. The SMILES string of the molecule is O=C(O)c1ccc2nc(-c3ncccc3Br)[nH]c2c1. The van der Waals surface area contributed by atoms with E-state index in [2.05, 4.69) is 30.9 Å². The molecule has 0 atom stereocenters. The first kappa shape index (κ1) is 11.9. The minimum atomic E-state index is -0.961. The van der Waals surface area contributed by atoms with Crippen LogP contribution in [0.3, 0.4) is 0 Å². The lowest BCUT2D eigenvalue weighted by Crippen LogP contribution is -1.94. The van der Waals surface area contributed by atoms with E-state index in [1.807, 2.05) is 12.1 Å². The lowest BCUT2D eigenvalue weighted by molar-refractivity contribution is 0.0697. The van der Waals surface area contributed by atoms with Crippen LogP contribution >= 0.6 is 15.9 Å². The molecule has 0 aliphatic carbocycles. The second-order valence-electron chi connectivity index (χ2n) is 3.96. The average molecular weight is 318 g/mol. The zero-order valence-electron chi connectivity index (χ0n) is 9.59. The van der Waals surface area contributed by atoms with Crippen molar-refractivity contribution in [2.75, 3.05) is 0 Å². The molecule has 0 spiro atoms. The summed E-state index contributed by atoms with van der Waals surface area (Å²) >= 11 is 3.41. The van der Waals surface area contributed by atoms with E-state index in [0.29, 0.717) is 22.6 Å². The Morgan fingerprint density at radius 2 is 2.16 bits per heavy atom. The number of aromatic amines is 1. The Hall–Kier alpha value is -2.21. The van der Waals surface area contributed by atoms with Crippen LogP contribution in [0.4, 0.5) is 0 Å². The molecule has 0 aliphatic heterocycles. The van der Waals surface area contributed by atoms with Gasteiger partial charge in [0, 0.05) is 10.7 Å². The van der Waals surface area contributed by atoms with Crippen LogP contribution in [0, 0.1) is 0 Å². The van der Waals surface area contributed by atoms with E-state index in [-0.39, 0.29) is 5.56 Å². The summed E-state index contributed by atoms with van der Waals surface area (Å²) in [4.78, 5) is 22.7. The Balaban J connectivity index is 2.17. The fourth-order valence-corrected chi connectivity index (χ4v) is 2.26. The number of hydrogen-bond donors (Lipinski definition) is 2. The number of halogens is 1. The molecule has 3 rings (SSSR count). The Bertz CT molecular complexity index is 782. The van der Waals surface area contributed by atoms with E-state index in [0.717, 1.165) is 4.47 Å². The molecule has 0 unspecified atom stereocenters. The van der Waals surface area contributed by atoms with Crippen LogP contribution in [0.15, 0.2) is 41.0 Å². The number of carboxylic acids is 1. The topological polar surface area (TPSA) is 78.9 Å². The lowest BCUT2D eigenvalue weighted by atomic mass is 10.2. The number of fused-ring (bicyclic) bond motifs is 1. The number of nitrogens with one attached hydrogen (secondary N) is 1. The van der Waals surface area contributed by atoms with Gasteiger partial charge in [0.15, 0.2) is 5.82 Å². The number of hydrogen-bond acceptors (Lipinski definition) is 3. The minimum Gasteiger partial charge on any atom is -0.478 e. The van der Waals surface area contributed by atoms with Crippen LogP contribution in [0.5, 0.6) is 0 Å². The molecule has 94 valence electrons. The van der Waals surface area contributed by atoms with Crippen molar-refractivity contribution in [3.8, 4) is 11.5 Å². The predicted octanol–water partition coefficient (Wildman–Crippen LogP) is 3.09. The molecule has 1 aromatic carbocycles. The molecule has 0 saturated carbocycles. The van der Waals surface area contributed by atoms with Crippen molar-refractivity contribution in [3.05, 3.63) is 46.6 Å². The monoisotopic (exact) mass is 317 g/mol. The zero-order valence-corrected chi connectivity index (χ0v) is 11.2. The van der Waals surface area contributed by atoms with Crippen molar-refractivity contribution in [2.24, 2.45) is 0 Å². The Morgan fingerprint density at radius 1 is 1.32 bits per heavy atom. The van der Waals surface area contributed by atoms with E-state index in [9.17, 15) is 4.79 Å². The molecular weight excluding hydrogens is 310 g/mol. The van der Waals surface area contributed by atoms with Crippen LogP contribution in [0.2, 0.25) is 0 Å². The third-order valence-electron chi connectivity index (χ3n) is 2.71. The summed E-state index contributed by atoms with van der Waals surface area (Å²) < 4.78 is 0.826. The first-order valence-electron chi connectivity index (χ1n) is 5.49. The zero-order chi connectivity index (χ0) is 13.4. The van der Waals surface area contributed by atoms with Gasteiger partial charge >= 0.3 is 5.97 Å². The van der Waals surface area contributed by atoms with Crippen LogP contribution in [-0.4, -0.2) is 26.0 Å². The van der Waals surface area contributed by atoms with Crippen LogP contribution in [0.1, 0.15) is 10.4 Å². The van der Waals surface area contributed by atoms with Gasteiger partial charge in [-0.3, -0.25) is 4.98 Å². The van der Waals surface area contributed by atoms with Crippen molar-refractivity contribution in [2.45, 2.75) is 0 Å². The molecule has 3 aromatic rings. The van der Waals surface area contributed by atoms with Crippen molar-refractivity contribution < 1.29 is 9.90 Å². The molecule has 2 heterocycles. The van der Waals surface area contributed by atoms with Crippen molar-refractivity contribution >= 4 is 32.9 Å². The maximum atomic E-state index is 10.9. The van der Waals surface area contributed by atoms with E-state index in [4.69, 9.17) is 5.11 Å². The van der Waals surface area contributed by atoms with Crippen LogP contribution in [0.25, 0.3) is 22.6 Å². The molecule has 0 radical (unpaired) electrons. The van der Waals surface area contributed by atoms with Gasteiger partial charge in [0.25, 0.3) is 0 Å². The number of benzene rings is 1. The summed E-state index contributed by atoms with van der Waals surface area (Å²) in [5.41, 5.74) is 2.29. The molecule has 0 amide bonds. The number of H-pyrrole nitrogens is 1. The average Bonchev–Trinajstić information content (AvgIpc) is 2.81. The standard InChI is InChI=1S/C13H8BrN3O2/c14-8-2-1-5-15-11(8)12-16-9-4-3-7(13(18)19)6-10(9)17-12/h1-6H,(H,16,17)(H,18,19). The molecule has 19 heavy (non-hydrogen) atoms. The lowest BCUT2D eigenvalue weighted by Gasteiger charge is -1.97. The molecule has 0 saturated heterocycles. The first-order valence-corrected chi connectivity index (χ1v) is 6.28. The van der Waals surface area contributed by atoms with Gasteiger partial charge in [-0.15, -0.1) is 0 Å². The van der Waals surface area contributed by atoms with Gasteiger partial charge < -0.3 is 10.1 Å². The summed E-state index contributed by atoms with van der Waals surface area (Å²) in [6, 6.07) is 8.46. The normalized spacial score (nSPS) is 10.8. The molecule has 5 nitrogen and oxygen atoms in total. The van der Waals surface area contributed by atoms with E-state index >= 15 is 0 Å². The number of carboxylic acid groups (broad SMARTS) is 1. The largest absolute Gasteiger partial charge is 0.478 e. The molecule has 0 aliphatic rings. The Morgan fingerprint density at radius 3 is 2.89 bits per heavy atom. The van der Waals surface area contributed by atoms with Gasteiger partial charge in [-0.05, 0) is 46.3 Å². The van der Waals surface area contributed by atoms with Gasteiger partial charge in [0.1, 0.15) is 5.69 Å². The highest BCUT2D eigenvalue weighted by Gasteiger charge is 2.11. The summed E-state index contributed by atoms with van der Waals surface area (Å²) in [6.07, 6.45) is 1.68. The van der Waals surface area contributed by atoms with E-state index in [1.165, 1.54) is 6.07 Å². The van der Waals surface area contributed by atoms with Gasteiger partial charge in [-0.1, -0.05) is 0 Å². The van der Waals surface area contributed by atoms with Crippen molar-refractivity contribution in [3.63, 3.8) is 0 Å². The minimum absolute atomic E-state index is 0.225. The third-order valence-corrected chi connectivity index (χ3v) is 3.35. The van der Waals surface area contributed by atoms with Gasteiger partial charge in [-0.2, -0.15) is 0 Å². The predicted molar refractivity (Wildman–Crippen MR) is 74.0 cm³/mol. The molecule has 0 fully saturated rings. The van der Waals surface area contributed by atoms with Gasteiger partial charge in [-0.25, -0.2) is 9.78 Å². The van der Waals surface area contributed by atoms with Crippen molar-refractivity contribution in [1.29, 1.82) is 0 Å². The summed E-state index contributed by atoms with van der Waals surface area (Å²) in [7, 11) is 0. The summed E-state index contributed by atoms with van der Waals surface area (Å²) in [5, 5.41) is 8.96. The molecule has 6 heteroatoms. The first-order chi connectivity index (χ1) is 9.15. The molecular formula is C13H8BrN3O2. The third kappa shape index (κ3) is 2.10. The smallest absolute Gasteiger partial charge is 0.335 e. The van der Waals surface area contributed by atoms with Crippen LogP contribution < -0.4 is 0 Å². The van der Waals surface area contributed by atoms with Gasteiger partial charge in [0.05, 0.1) is 16.6 Å². The van der Waals surface area contributed by atoms with Crippen molar-refractivity contribution in [1.82, 2.24) is 15.0 Å². The number of aromatic nitrogens is 3. The maximum Gasteiger partial charge on any atom is 0.335 e. The number of pyridine rings is 1. The van der Waals surface area contributed by atoms with E-state index in [1.54, 1.807) is 18.3 Å². The number of imidazole rings is 1. The number of rotatable bonds is 2. The highest BCUT2D eigenvalue weighted by atomic mass is 79.9. The molecule has 2 aromatic heterocycles. The second kappa shape index (κ2) is 4.47. The molecule has 2 N–H and O–H groups in total. The number of aromatic carboxylic acids is 1. The summed E-state index contributed by atoms with van der Waals surface area (Å²) in [6.45, 7) is 0. The van der Waals surface area contributed by atoms with Crippen LogP contribution in [-0.2, 0) is 0 Å². The number of carbonyl (C=O) groups is 1.